The largest absolute Gasteiger partial charge is 0.384 e. The minimum Gasteiger partial charge on any atom is -0.384 e. The van der Waals surface area contributed by atoms with E-state index in [-0.39, 0.29) is 5.60 Å². The van der Waals surface area contributed by atoms with E-state index in [0.29, 0.717) is 0 Å². The van der Waals surface area contributed by atoms with Crippen LogP contribution in [0, 0.1) is 0 Å². The van der Waals surface area contributed by atoms with Gasteiger partial charge >= 0.3 is 0 Å². The van der Waals surface area contributed by atoms with Crippen LogP contribution in [0.15, 0.2) is 30.7 Å². The van der Waals surface area contributed by atoms with Crippen LogP contribution in [0.3, 0.4) is 0 Å². The second-order valence-corrected chi connectivity index (χ2v) is 6.16. The molecule has 1 saturated carbocycles. The van der Waals surface area contributed by atoms with E-state index >= 15 is 0 Å². The van der Waals surface area contributed by atoms with Crippen LogP contribution in [0.4, 0.5) is 5.69 Å². The van der Waals surface area contributed by atoms with Gasteiger partial charge in [-0.05, 0) is 31.2 Å². The third-order valence-electron chi connectivity index (χ3n) is 4.99. The standard InChI is InChI=1S/C17H21N3O/c1-21-17(7-3-8-17)11-20-12-18-10-15(20)14-5-2-4-13-6-9-19-16(13)14/h2,4-5,10,12,19H,3,6-9,11H2,1H3. The fraction of sp³-hybridized carbons (Fsp3) is 0.471. The minimum atomic E-state index is 0.0147. The average Bonchev–Trinajstić information content (AvgIpc) is 3.11. The van der Waals surface area contributed by atoms with Crippen LogP contribution in [0.25, 0.3) is 11.3 Å². The molecule has 1 aromatic heterocycles. The summed E-state index contributed by atoms with van der Waals surface area (Å²) in [5.74, 6) is 0. The van der Waals surface area contributed by atoms with Crippen molar-refractivity contribution in [3.63, 3.8) is 0 Å². The molecular formula is C17H21N3O. The van der Waals surface area contributed by atoms with Crippen molar-refractivity contribution in [2.75, 3.05) is 19.0 Å². The molecule has 4 nitrogen and oxygen atoms in total. The van der Waals surface area contributed by atoms with E-state index in [1.54, 1.807) is 0 Å². The van der Waals surface area contributed by atoms with Gasteiger partial charge in [0, 0.05) is 24.9 Å². The number of hydrogen-bond donors (Lipinski definition) is 1. The predicted molar refractivity (Wildman–Crippen MR) is 83.4 cm³/mol. The van der Waals surface area contributed by atoms with Crippen molar-refractivity contribution in [2.45, 2.75) is 37.8 Å². The molecule has 1 aliphatic carbocycles. The molecule has 2 aliphatic rings. The number of fused-ring (bicyclic) bond motifs is 1. The quantitative estimate of drug-likeness (QED) is 0.937. The van der Waals surface area contributed by atoms with Crippen molar-refractivity contribution in [1.29, 1.82) is 0 Å². The molecule has 0 atom stereocenters. The molecule has 4 heteroatoms. The Balaban J connectivity index is 1.71. The molecule has 21 heavy (non-hydrogen) atoms. The highest BCUT2D eigenvalue weighted by Gasteiger charge is 2.37. The van der Waals surface area contributed by atoms with Gasteiger partial charge in [0.2, 0.25) is 0 Å². The minimum absolute atomic E-state index is 0.0147. The third kappa shape index (κ3) is 2.05. The van der Waals surface area contributed by atoms with Gasteiger partial charge in [0.15, 0.2) is 0 Å². The van der Waals surface area contributed by atoms with Gasteiger partial charge in [0.05, 0.1) is 30.4 Å². The van der Waals surface area contributed by atoms with Crippen LogP contribution in [0.2, 0.25) is 0 Å². The van der Waals surface area contributed by atoms with Crippen molar-refractivity contribution in [3.8, 4) is 11.3 Å². The van der Waals surface area contributed by atoms with Crippen LogP contribution in [-0.4, -0.2) is 28.8 Å². The predicted octanol–water partition coefficient (Wildman–Crippen LogP) is 3.09. The number of rotatable bonds is 4. The second-order valence-electron chi connectivity index (χ2n) is 6.16. The summed E-state index contributed by atoms with van der Waals surface area (Å²) in [6.45, 7) is 1.92. The van der Waals surface area contributed by atoms with Gasteiger partial charge < -0.3 is 14.6 Å². The van der Waals surface area contributed by atoms with Crippen LogP contribution in [-0.2, 0) is 17.7 Å². The number of nitrogens with zero attached hydrogens (tertiary/aromatic N) is 2. The summed E-state index contributed by atoms with van der Waals surface area (Å²) in [7, 11) is 1.83. The van der Waals surface area contributed by atoms with Crippen LogP contribution in [0.5, 0.6) is 0 Å². The molecule has 1 fully saturated rings. The molecule has 4 rings (SSSR count). The van der Waals surface area contributed by atoms with E-state index in [0.717, 1.165) is 32.4 Å². The Kier molecular flexibility index (Phi) is 3.00. The molecule has 0 amide bonds. The molecule has 0 saturated heterocycles. The Morgan fingerprint density at radius 2 is 2.29 bits per heavy atom. The number of methoxy groups -OCH3 is 1. The highest BCUT2D eigenvalue weighted by atomic mass is 16.5. The molecule has 2 aromatic rings. The van der Waals surface area contributed by atoms with Crippen molar-refractivity contribution < 1.29 is 4.74 Å². The first-order valence-corrected chi connectivity index (χ1v) is 7.73. The maximum absolute atomic E-state index is 5.77. The molecule has 0 radical (unpaired) electrons. The van der Waals surface area contributed by atoms with E-state index in [2.05, 4.69) is 33.1 Å². The molecule has 1 aliphatic heterocycles. The topological polar surface area (TPSA) is 39.1 Å². The normalized spacial score (nSPS) is 18.9. The molecule has 1 aromatic carbocycles. The molecule has 110 valence electrons. The Hall–Kier alpha value is -1.81. The number of imidazole rings is 1. The lowest BCUT2D eigenvalue weighted by molar-refractivity contribution is -0.0832. The molecular weight excluding hydrogens is 262 g/mol. The summed E-state index contributed by atoms with van der Waals surface area (Å²) in [6.07, 6.45) is 8.57. The van der Waals surface area contributed by atoms with Crippen molar-refractivity contribution in [3.05, 3.63) is 36.3 Å². The molecule has 0 unspecified atom stereocenters. The van der Waals surface area contributed by atoms with Crippen molar-refractivity contribution in [1.82, 2.24) is 9.55 Å². The van der Waals surface area contributed by atoms with Gasteiger partial charge in [-0.25, -0.2) is 4.98 Å². The molecule has 1 N–H and O–H groups in total. The lowest BCUT2D eigenvalue weighted by atomic mass is 9.80. The lowest BCUT2D eigenvalue weighted by Crippen LogP contribution is -2.43. The summed E-state index contributed by atoms with van der Waals surface area (Å²) >= 11 is 0. The second kappa shape index (κ2) is 4.88. The average molecular weight is 283 g/mol. The number of para-hydroxylation sites is 1. The van der Waals surface area contributed by atoms with Crippen LogP contribution < -0.4 is 5.32 Å². The molecule has 0 spiro atoms. The van der Waals surface area contributed by atoms with E-state index < -0.39 is 0 Å². The van der Waals surface area contributed by atoms with Crippen LogP contribution in [0.1, 0.15) is 24.8 Å². The number of aromatic nitrogens is 2. The van der Waals surface area contributed by atoms with Gasteiger partial charge in [0.25, 0.3) is 0 Å². The van der Waals surface area contributed by atoms with Gasteiger partial charge in [-0.3, -0.25) is 0 Å². The number of ether oxygens (including phenoxy) is 1. The summed E-state index contributed by atoms with van der Waals surface area (Å²) < 4.78 is 8.01. The van der Waals surface area contributed by atoms with Gasteiger partial charge in [-0.2, -0.15) is 0 Å². The van der Waals surface area contributed by atoms with Gasteiger partial charge in [-0.1, -0.05) is 18.2 Å². The van der Waals surface area contributed by atoms with Gasteiger partial charge in [0.1, 0.15) is 0 Å². The third-order valence-corrected chi connectivity index (χ3v) is 4.99. The zero-order valence-electron chi connectivity index (χ0n) is 12.4. The Morgan fingerprint density at radius 1 is 1.38 bits per heavy atom. The number of hydrogen-bond acceptors (Lipinski definition) is 3. The van der Waals surface area contributed by atoms with Crippen molar-refractivity contribution in [2.24, 2.45) is 0 Å². The van der Waals surface area contributed by atoms with E-state index in [9.17, 15) is 0 Å². The Morgan fingerprint density at radius 3 is 3.05 bits per heavy atom. The SMILES string of the molecule is COC1(Cn2cncc2-c2cccc3c2NCC3)CCC1. The summed E-state index contributed by atoms with van der Waals surface area (Å²) in [4.78, 5) is 4.38. The summed E-state index contributed by atoms with van der Waals surface area (Å²) in [5, 5.41) is 3.52. The zero-order valence-corrected chi connectivity index (χ0v) is 12.4. The van der Waals surface area contributed by atoms with E-state index in [4.69, 9.17) is 4.74 Å². The van der Waals surface area contributed by atoms with Crippen LogP contribution >= 0.6 is 0 Å². The molecule has 0 bridgehead atoms. The van der Waals surface area contributed by atoms with Gasteiger partial charge in [-0.15, -0.1) is 0 Å². The van der Waals surface area contributed by atoms with E-state index in [1.807, 2.05) is 19.6 Å². The van der Waals surface area contributed by atoms with Crippen molar-refractivity contribution >= 4 is 5.69 Å². The first-order valence-electron chi connectivity index (χ1n) is 7.73. The number of benzene rings is 1. The number of nitrogens with one attached hydrogen (secondary N) is 1. The fourth-order valence-electron chi connectivity index (χ4n) is 3.53. The lowest BCUT2D eigenvalue weighted by Gasteiger charge is -2.41. The molecule has 2 heterocycles. The smallest absolute Gasteiger partial charge is 0.0951 e. The number of anilines is 1. The first-order chi connectivity index (χ1) is 10.3. The first kappa shape index (κ1) is 12.9. The maximum atomic E-state index is 5.77. The summed E-state index contributed by atoms with van der Waals surface area (Å²) in [5.41, 5.74) is 5.14. The Bertz CT molecular complexity index is 652. The Labute approximate surface area is 125 Å². The monoisotopic (exact) mass is 283 g/mol. The highest BCUT2D eigenvalue weighted by molar-refractivity contribution is 5.79. The van der Waals surface area contributed by atoms with E-state index in [1.165, 1.54) is 28.9 Å². The zero-order chi connectivity index (χ0) is 14.3. The maximum Gasteiger partial charge on any atom is 0.0951 e. The summed E-state index contributed by atoms with van der Waals surface area (Å²) in [6, 6.07) is 6.54. The fourth-order valence-corrected chi connectivity index (χ4v) is 3.53. The highest BCUT2D eigenvalue weighted by Crippen LogP contribution is 2.39.